The molecular weight excluding hydrogens is 362 g/mol. The van der Waals surface area contributed by atoms with Gasteiger partial charge in [0.2, 0.25) is 5.78 Å². The highest BCUT2D eigenvalue weighted by Gasteiger charge is 2.23. The van der Waals surface area contributed by atoms with E-state index in [1.807, 2.05) is 48.5 Å². The Morgan fingerprint density at radius 2 is 1.69 bits per heavy atom. The molecule has 0 aliphatic carbocycles. The lowest BCUT2D eigenvalue weighted by molar-refractivity contribution is 0.103. The fourth-order valence-corrected chi connectivity index (χ4v) is 3.37. The van der Waals surface area contributed by atoms with Crippen molar-refractivity contribution >= 4 is 16.8 Å². The lowest BCUT2D eigenvalue weighted by Crippen LogP contribution is -2.11. The van der Waals surface area contributed by atoms with Crippen LogP contribution in [0.25, 0.3) is 22.2 Å². The van der Waals surface area contributed by atoms with E-state index in [1.54, 1.807) is 19.1 Å². The van der Waals surface area contributed by atoms with Crippen molar-refractivity contribution in [2.45, 2.75) is 19.8 Å². The summed E-state index contributed by atoms with van der Waals surface area (Å²) >= 11 is 0. The maximum Gasteiger partial charge on any atom is 0.261 e. The maximum absolute atomic E-state index is 13.2. The summed E-state index contributed by atoms with van der Waals surface area (Å²) < 4.78 is 0. The van der Waals surface area contributed by atoms with Gasteiger partial charge in [-0.2, -0.15) is 0 Å². The minimum atomic E-state index is -0.267. The number of nitrogens with zero attached hydrogens (tertiary/aromatic N) is 1. The second-order valence-electron chi connectivity index (χ2n) is 6.60. The first kappa shape index (κ1) is 18.5. The highest BCUT2D eigenvalue weighted by Crippen LogP contribution is 2.31. The van der Waals surface area contributed by atoms with Crippen LogP contribution in [0, 0.1) is 11.8 Å². The second kappa shape index (κ2) is 7.99. The van der Waals surface area contributed by atoms with E-state index in [0.717, 1.165) is 5.56 Å². The van der Waals surface area contributed by atoms with Crippen LogP contribution in [0.1, 0.15) is 35.2 Å². The number of carbonyl (C=O) groups is 1. The topological polar surface area (TPSA) is 78.6 Å². The lowest BCUT2D eigenvalue weighted by Gasteiger charge is -2.04. The molecule has 29 heavy (non-hydrogen) atoms. The first-order valence-electron chi connectivity index (χ1n) is 9.38. The Bertz CT molecular complexity index is 1290. The summed E-state index contributed by atoms with van der Waals surface area (Å²) in [5.41, 5.74) is 2.41. The molecule has 0 bridgehead atoms. The molecule has 0 aliphatic rings. The predicted molar refractivity (Wildman–Crippen MR) is 114 cm³/mol. The number of benzene rings is 2. The molecule has 0 amide bonds. The van der Waals surface area contributed by atoms with Crippen LogP contribution in [0.2, 0.25) is 0 Å². The van der Waals surface area contributed by atoms with E-state index < -0.39 is 0 Å². The van der Waals surface area contributed by atoms with Gasteiger partial charge in [-0.3, -0.25) is 9.59 Å². The van der Waals surface area contributed by atoms with E-state index in [4.69, 9.17) is 0 Å². The van der Waals surface area contributed by atoms with Crippen LogP contribution in [0.5, 0.6) is 0 Å². The van der Waals surface area contributed by atoms with E-state index in [-0.39, 0.29) is 11.3 Å². The van der Waals surface area contributed by atoms with Crippen LogP contribution >= 0.6 is 0 Å². The second-order valence-corrected chi connectivity index (χ2v) is 6.60. The summed E-state index contributed by atoms with van der Waals surface area (Å²) in [6, 6.07) is 18.4. The molecule has 5 heteroatoms. The van der Waals surface area contributed by atoms with Crippen molar-refractivity contribution in [1.82, 2.24) is 15.0 Å². The third-order valence-corrected chi connectivity index (χ3v) is 4.70. The number of H-pyrrole nitrogens is 2. The minimum Gasteiger partial charge on any atom is -0.336 e. The number of ketones is 1. The Hall–Kier alpha value is -3.91. The van der Waals surface area contributed by atoms with Crippen LogP contribution in [0.3, 0.4) is 0 Å². The third kappa shape index (κ3) is 3.61. The first-order chi connectivity index (χ1) is 14.2. The van der Waals surface area contributed by atoms with E-state index in [1.165, 1.54) is 0 Å². The van der Waals surface area contributed by atoms with Crippen molar-refractivity contribution in [2.24, 2.45) is 0 Å². The number of rotatable bonds is 5. The summed E-state index contributed by atoms with van der Waals surface area (Å²) in [5.74, 6) is 6.17. The minimum absolute atomic E-state index is 0.180. The summed E-state index contributed by atoms with van der Waals surface area (Å²) in [6.45, 7) is 1.78. The summed E-state index contributed by atoms with van der Waals surface area (Å²) in [5, 5.41) is 0.390. The van der Waals surface area contributed by atoms with Crippen LogP contribution in [-0.2, 0) is 6.42 Å². The number of aromatic nitrogens is 3. The van der Waals surface area contributed by atoms with Gasteiger partial charge in [0.05, 0.1) is 11.1 Å². The Balaban J connectivity index is 1.94. The molecular formula is C24H19N3O2. The van der Waals surface area contributed by atoms with Gasteiger partial charge in [0.25, 0.3) is 5.56 Å². The number of hydrogen-bond acceptors (Lipinski definition) is 3. The SMILES string of the molecule is CC#CCCc1nc2[nH]c(C(=O)c3ccccc3)c(-c3ccccc3)c2c(=O)[nH]1. The van der Waals surface area contributed by atoms with Gasteiger partial charge in [0.1, 0.15) is 11.5 Å². The Morgan fingerprint density at radius 3 is 2.38 bits per heavy atom. The summed E-state index contributed by atoms with van der Waals surface area (Å²) in [7, 11) is 0. The molecule has 2 heterocycles. The van der Waals surface area contributed by atoms with E-state index >= 15 is 0 Å². The van der Waals surface area contributed by atoms with Gasteiger partial charge >= 0.3 is 0 Å². The molecule has 0 unspecified atom stereocenters. The average molecular weight is 381 g/mol. The number of aryl methyl sites for hydroxylation is 1. The molecule has 2 aromatic carbocycles. The van der Waals surface area contributed by atoms with Gasteiger partial charge in [-0.25, -0.2) is 4.98 Å². The van der Waals surface area contributed by atoms with Gasteiger partial charge in [0, 0.05) is 24.0 Å². The molecule has 0 saturated carbocycles. The highest BCUT2D eigenvalue weighted by atomic mass is 16.1. The average Bonchev–Trinajstić information content (AvgIpc) is 3.15. The largest absolute Gasteiger partial charge is 0.336 e. The van der Waals surface area contributed by atoms with Crippen molar-refractivity contribution in [1.29, 1.82) is 0 Å². The van der Waals surface area contributed by atoms with Crippen LogP contribution in [0.15, 0.2) is 65.5 Å². The number of hydrogen-bond donors (Lipinski definition) is 2. The quantitative estimate of drug-likeness (QED) is 0.403. The van der Waals surface area contributed by atoms with Gasteiger partial charge < -0.3 is 9.97 Å². The number of carbonyl (C=O) groups excluding carboxylic acids is 1. The molecule has 0 aliphatic heterocycles. The van der Waals surface area contributed by atoms with Crippen molar-refractivity contribution in [3.63, 3.8) is 0 Å². The molecule has 2 aromatic heterocycles. The third-order valence-electron chi connectivity index (χ3n) is 4.70. The molecule has 0 atom stereocenters. The van der Waals surface area contributed by atoms with Gasteiger partial charge in [-0.15, -0.1) is 11.8 Å². The van der Waals surface area contributed by atoms with Crippen LogP contribution < -0.4 is 5.56 Å². The van der Waals surface area contributed by atoms with E-state index in [0.29, 0.717) is 46.5 Å². The molecule has 0 saturated heterocycles. The smallest absolute Gasteiger partial charge is 0.261 e. The number of fused-ring (bicyclic) bond motifs is 1. The fraction of sp³-hybridized carbons (Fsp3) is 0.125. The van der Waals surface area contributed by atoms with Gasteiger partial charge in [-0.05, 0) is 12.5 Å². The van der Waals surface area contributed by atoms with Crippen molar-refractivity contribution in [3.05, 3.63) is 88.1 Å². The standard InChI is InChI=1S/C24H19N3O2/c1-2-3-6-15-18-25-23-20(24(29)26-18)19(16-11-7-4-8-12-16)21(27-23)22(28)17-13-9-5-10-14-17/h4-5,7-14H,6,15H2,1H3,(H2,25,26,27,29). The number of nitrogens with one attached hydrogen (secondary N) is 2. The molecule has 142 valence electrons. The maximum atomic E-state index is 13.2. The molecule has 4 aromatic rings. The van der Waals surface area contributed by atoms with Gasteiger partial charge in [0.15, 0.2) is 0 Å². The van der Waals surface area contributed by atoms with Crippen LogP contribution in [-0.4, -0.2) is 20.7 Å². The Kier molecular flexibility index (Phi) is 5.08. The molecule has 0 spiro atoms. The summed E-state index contributed by atoms with van der Waals surface area (Å²) in [6.07, 6.45) is 1.14. The van der Waals surface area contributed by atoms with Crippen molar-refractivity contribution in [3.8, 4) is 23.0 Å². The van der Waals surface area contributed by atoms with Crippen molar-refractivity contribution < 1.29 is 4.79 Å². The van der Waals surface area contributed by atoms with Crippen molar-refractivity contribution in [2.75, 3.05) is 0 Å². The Morgan fingerprint density at radius 1 is 1.00 bits per heavy atom. The highest BCUT2D eigenvalue weighted by molar-refractivity contribution is 6.16. The lowest BCUT2D eigenvalue weighted by atomic mass is 9.98. The molecule has 2 N–H and O–H groups in total. The number of aromatic amines is 2. The van der Waals surface area contributed by atoms with E-state index in [9.17, 15) is 9.59 Å². The van der Waals surface area contributed by atoms with Crippen LogP contribution in [0.4, 0.5) is 0 Å². The molecule has 5 nitrogen and oxygen atoms in total. The fourth-order valence-electron chi connectivity index (χ4n) is 3.37. The molecule has 0 radical (unpaired) electrons. The predicted octanol–water partition coefficient (Wildman–Crippen LogP) is 4.11. The van der Waals surface area contributed by atoms with E-state index in [2.05, 4.69) is 26.8 Å². The Labute approximate surface area is 167 Å². The molecule has 4 rings (SSSR count). The summed E-state index contributed by atoms with van der Waals surface area (Å²) in [4.78, 5) is 36.7. The zero-order chi connectivity index (χ0) is 20.2. The zero-order valence-corrected chi connectivity index (χ0v) is 16.0. The monoisotopic (exact) mass is 381 g/mol. The first-order valence-corrected chi connectivity index (χ1v) is 9.38. The van der Waals surface area contributed by atoms with Gasteiger partial charge in [-0.1, -0.05) is 60.7 Å². The zero-order valence-electron chi connectivity index (χ0n) is 16.0. The molecule has 0 fully saturated rings. The normalized spacial score (nSPS) is 10.5.